The minimum atomic E-state index is 0.0517. The van der Waals surface area contributed by atoms with Gasteiger partial charge in [0.15, 0.2) is 0 Å². The first-order valence-corrected chi connectivity index (χ1v) is 5.36. The van der Waals surface area contributed by atoms with Crippen LogP contribution in [-0.2, 0) is 6.42 Å². The Bertz CT molecular complexity index is 378. The Morgan fingerprint density at radius 2 is 1.93 bits per heavy atom. The van der Waals surface area contributed by atoms with Crippen LogP contribution in [-0.4, -0.2) is 6.04 Å². The van der Waals surface area contributed by atoms with E-state index >= 15 is 0 Å². The number of allylic oxidation sites excluding steroid dienone is 2. The van der Waals surface area contributed by atoms with Gasteiger partial charge in [-0.2, -0.15) is 0 Å². The molecule has 0 saturated carbocycles. The summed E-state index contributed by atoms with van der Waals surface area (Å²) < 4.78 is 0. The maximum Gasteiger partial charge on any atom is 0.0319 e. The number of hydrogen-bond donors (Lipinski definition) is 1. The lowest BCUT2D eigenvalue weighted by Crippen LogP contribution is -2.39. The van der Waals surface area contributed by atoms with E-state index in [-0.39, 0.29) is 11.5 Å². The molecule has 15 heavy (non-hydrogen) atoms. The molecule has 1 aliphatic carbocycles. The minimum absolute atomic E-state index is 0.0517. The van der Waals surface area contributed by atoms with E-state index in [1.54, 1.807) is 0 Å². The van der Waals surface area contributed by atoms with Crippen molar-refractivity contribution in [1.29, 1.82) is 0 Å². The van der Waals surface area contributed by atoms with Gasteiger partial charge in [-0.1, -0.05) is 61.6 Å². The number of benzene rings is 1. The second kappa shape index (κ2) is 4.03. The fourth-order valence-electron chi connectivity index (χ4n) is 2.00. The summed E-state index contributed by atoms with van der Waals surface area (Å²) in [6.07, 6.45) is 9.40. The summed E-state index contributed by atoms with van der Waals surface area (Å²) in [7, 11) is 0. The quantitative estimate of drug-likeness (QED) is 0.778. The molecule has 2 atom stereocenters. The van der Waals surface area contributed by atoms with E-state index in [0.717, 1.165) is 6.42 Å². The molecule has 2 unspecified atom stereocenters. The molecule has 0 aliphatic heterocycles. The largest absolute Gasteiger partial charge is 0.324 e. The van der Waals surface area contributed by atoms with Crippen LogP contribution in [0.15, 0.2) is 54.6 Å². The average molecular weight is 199 g/mol. The molecule has 0 aromatic heterocycles. The van der Waals surface area contributed by atoms with Crippen LogP contribution in [0.4, 0.5) is 0 Å². The first-order chi connectivity index (χ1) is 7.21. The molecule has 2 rings (SSSR count). The van der Waals surface area contributed by atoms with E-state index in [1.807, 2.05) is 12.1 Å². The van der Waals surface area contributed by atoms with Crippen molar-refractivity contribution in [2.24, 2.45) is 11.1 Å². The third-order valence-electron chi connectivity index (χ3n) is 3.10. The fraction of sp³-hybridized carbons (Fsp3) is 0.286. The van der Waals surface area contributed by atoms with Crippen LogP contribution in [0.25, 0.3) is 0 Å². The number of nitrogens with two attached hydrogens (primary N) is 1. The van der Waals surface area contributed by atoms with Crippen molar-refractivity contribution in [3.8, 4) is 0 Å². The summed E-state index contributed by atoms with van der Waals surface area (Å²) in [6, 6.07) is 10.6. The van der Waals surface area contributed by atoms with E-state index < -0.39 is 0 Å². The van der Waals surface area contributed by atoms with Crippen molar-refractivity contribution in [3.05, 3.63) is 60.2 Å². The van der Waals surface area contributed by atoms with Crippen molar-refractivity contribution < 1.29 is 0 Å². The monoisotopic (exact) mass is 199 g/mol. The first kappa shape index (κ1) is 10.2. The number of hydrogen-bond acceptors (Lipinski definition) is 1. The van der Waals surface area contributed by atoms with Crippen LogP contribution in [0.1, 0.15) is 12.5 Å². The lowest BCUT2D eigenvalue weighted by molar-refractivity contribution is 0.373. The zero-order valence-electron chi connectivity index (χ0n) is 9.06. The lowest BCUT2D eigenvalue weighted by atomic mass is 9.75. The van der Waals surface area contributed by atoms with Crippen LogP contribution >= 0.6 is 0 Å². The van der Waals surface area contributed by atoms with Crippen molar-refractivity contribution in [2.45, 2.75) is 19.4 Å². The molecule has 0 radical (unpaired) electrons. The molecule has 0 saturated heterocycles. The van der Waals surface area contributed by atoms with Crippen molar-refractivity contribution >= 4 is 0 Å². The highest BCUT2D eigenvalue weighted by Crippen LogP contribution is 2.30. The smallest absolute Gasteiger partial charge is 0.0319 e. The molecule has 0 bridgehead atoms. The molecular formula is C14H17N. The fourth-order valence-corrected chi connectivity index (χ4v) is 2.00. The Morgan fingerprint density at radius 1 is 1.20 bits per heavy atom. The molecule has 0 fully saturated rings. The van der Waals surface area contributed by atoms with Gasteiger partial charge >= 0.3 is 0 Å². The van der Waals surface area contributed by atoms with Gasteiger partial charge in [-0.25, -0.2) is 0 Å². The second-order valence-corrected chi connectivity index (χ2v) is 4.44. The van der Waals surface area contributed by atoms with Gasteiger partial charge < -0.3 is 5.73 Å². The van der Waals surface area contributed by atoms with E-state index in [2.05, 4.69) is 49.4 Å². The Balaban J connectivity index is 2.18. The normalized spacial score (nSPS) is 29.3. The highest BCUT2D eigenvalue weighted by molar-refractivity contribution is 5.26. The predicted molar refractivity (Wildman–Crippen MR) is 64.5 cm³/mol. The van der Waals surface area contributed by atoms with E-state index in [0.29, 0.717) is 0 Å². The molecule has 0 spiro atoms. The van der Waals surface area contributed by atoms with Gasteiger partial charge in [-0.3, -0.25) is 0 Å². The van der Waals surface area contributed by atoms with Gasteiger partial charge in [-0.15, -0.1) is 0 Å². The lowest BCUT2D eigenvalue weighted by Gasteiger charge is -2.32. The summed E-state index contributed by atoms with van der Waals surface area (Å²) >= 11 is 0. The zero-order valence-corrected chi connectivity index (χ0v) is 9.06. The average Bonchev–Trinajstić information content (AvgIpc) is 2.24. The first-order valence-electron chi connectivity index (χ1n) is 5.36. The molecule has 2 N–H and O–H groups in total. The standard InChI is InChI=1S/C14H17N/c1-14(10-6-5-9-13(14)15)11-12-7-3-2-4-8-12/h2-10,13H,11,15H2,1H3. The summed E-state index contributed by atoms with van der Waals surface area (Å²) in [5.41, 5.74) is 7.52. The van der Waals surface area contributed by atoms with E-state index in [4.69, 9.17) is 5.73 Å². The van der Waals surface area contributed by atoms with E-state index in [9.17, 15) is 0 Å². The molecule has 1 heteroatoms. The summed E-state index contributed by atoms with van der Waals surface area (Å²) in [5, 5.41) is 0. The maximum absolute atomic E-state index is 6.12. The Labute approximate surface area is 91.3 Å². The highest BCUT2D eigenvalue weighted by Gasteiger charge is 2.28. The Kier molecular flexibility index (Phi) is 2.74. The molecular weight excluding hydrogens is 182 g/mol. The molecule has 0 amide bonds. The minimum Gasteiger partial charge on any atom is -0.324 e. The van der Waals surface area contributed by atoms with E-state index in [1.165, 1.54) is 5.56 Å². The SMILES string of the molecule is CC1(Cc2ccccc2)C=CC=CC1N. The third-order valence-corrected chi connectivity index (χ3v) is 3.10. The molecule has 0 heterocycles. The van der Waals surface area contributed by atoms with Crippen LogP contribution < -0.4 is 5.73 Å². The zero-order chi connectivity index (χ0) is 10.7. The summed E-state index contributed by atoms with van der Waals surface area (Å²) in [4.78, 5) is 0. The van der Waals surface area contributed by atoms with Crippen molar-refractivity contribution in [2.75, 3.05) is 0 Å². The Morgan fingerprint density at radius 3 is 2.60 bits per heavy atom. The highest BCUT2D eigenvalue weighted by atomic mass is 14.7. The van der Waals surface area contributed by atoms with Gasteiger partial charge in [-0.05, 0) is 12.0 Å². The van der Waals surface area contributed by atoms with Crippen molar-refractivity contribution in [3.63, 3.8) is 0 Å². The summed E-state index contributed by atoms with van der Waals surface area (Å²) in [6.45, 7) is 2.21. The van der Waals surface area contributed by atoms with Crippen LogP contribution in [0.3, 0.4) is 0 Å². The van der Waals surface area contributed by atoms with Gasteiger partial charge in [0.1, 0.15) is 0 Å². The topological polar surface area (TPSA) is 26.0 Å². The molecule has 1 aromatic carbocycles. The predicted octanol–water partition coefficient (Wildman–Crippen LogP) is 2.69. The molecule has 78 valence electrons. The third kappa shape index (κ3) is 2.18. The van der Waals surface area contributed by atoms with Crippen LogP contribution in [0.5, 0.6) is 0 Å². The van der Waals surface area contributed by atoms with Gasteiger partial charge in [0, 0.05) is 11.5 Å². The molecule has 1 aliphatic rings. The maximum atomic E-state index is 6.12. The van der Waals surface area contributed by atoms with Gasteiger partial charge in [0.05, 0.1) is 0 Å². The Hall–Kier alpha value is -1.34. The van der Waals surface area contributed by atoms with Crippen LogP contribution in [0, 0.1) is 5.41 Å². The summed E-state index contributed by atoms with van der Waals surface area (Å²) in [5.74, 6) is 0. The van der Waals surface area contributed by atoms with Gasteiger partial charge in [0.2, 0.25) is 0 Å². The van der Waals surface area contributed by atoms with Gasteiger partial charge in [0.25, 0.3) is 0 Å². The second-order valence-electron chi connectivity index (χ2n) is 4.44. The van der Waals surface area contributed by atoms with Crippen molar-refractivity contribution in [1.82, 2.24) is 0 Å². The van der Waals surface area contributed by atoms with Crippen LogP contribution in [0.2, 0.25) is 0 Å². The molecule has 1 nitrogen and oxygen atoms in total. The molecule has 1 aromatic rings. The number of rotatable bonds is 2.